The normalized spacial score (nSPS) is 49.5. The van der Waals surface area contributed by atoms with Gasteiger partial charge in [0.1, 0.15) is 30.0 Å². The highest BCUT2D eigenvalue weighted by atomic mass is 16.7. The van der Waals surface area contributed by atoms with E-state index in [4.69, 9.17) is 9.47 Å². The molecule has 3 unspecified atom stereocenters. The van der Waals surface area contributed by atoms with Gasteiger partial charge < -0.3 is 45.2 Å². The van der Waals surface area contributed by atoms with Crippen LogP contribution in [0.4, 0.5) is 0 Å². The van der Waals surface area contributed by atoms with Gasteiger partial charge in [-0.1, -0.05) is 57.9 Å². The molecule has 0 aromatic rings. The number of ketones is 1. The zero-order valence-electron chi connectivity index (χ0n) is 28.8. The van der Waals surface area contributed by atoms with Gasteiger partial charge in [0.05, 0.1) is 24.9 Å². The Balaban J connectivity index is 1.46. The van der Waals surface area contributed by atoms with E-state index < -0.39 is 83.4 Å². The molecule has 0 amide bonds. The van der Waals surface area contributed by atoms with Crippen LogP contribution in [0.25, 0.3) is 0 Å². The molecular weight excluding hydrogens is 592 g/mol. The summed E-state index contributed by atoms with van der Waals surface area (Å²) in [6.45, 7) is 15.5. The first-order valence-corrected chi connectivity index (χ1v) is 17.1. The van der Waals surface area contributed by atoms with Gasteiger partial charge in [-0.05, 0) is 81.0 Å². The highest BCUT2D eigenvalue weighted by Crippen LogP contribution is 2.75. The van der Waals surface area contributed by atoms with Crippen molar-refractivity contribution in [3.63, 3.8) is 0 Å². The minimum absolute atomic E-state index is 0.0167. The lowest BCUT2D eigenvalue weighted by Gasteiger charge is -2.66. The standard InChI is InChI=1S/C36H58O10/c1-18(2)9-12-25(39)36(8,44)29-21(38)16-35(7)24-11-10-19-20(33(24,5)13-14-34(29,35)6)15-22(30(43)32(19,3)4)45-31-28(42)27(41)26(40)23(17-37)46-31/h9-10,20-24,26-31,37-38,40-44H,11-17H2,1-8H3/t20-,21?,22?,23-,24-,26-,27+,28-,29+,30?,31-,33+,34-,35+,36+/m1/s1. The molecule has 0 spiro atoms. The molecule has 15 atom stereocenters. The van der Waals surface area contributed by atoms with E-state index in [9.17, 15) is 40.5 Å². The maximum Gasteiger partial charge on any atom is 0.187 e. The number of Topliss-reactive ketones (excluding diaryl/α,β-unsaturated/α-hetero) is 1. The van der Waals surface area contributed by atoms with Crippen LogP contribution in [-0.4, -0.2) is 103 Å². The van der Waals surface area contributed by atoms with Crippen LogP contribution in [0, 0.1) is 39.4 Å². The first kappa shape index (κ1) is 36.1. The summed E-state index contributed by atoms with van der Waals surface area (Å²) in [6, 6.07) is 0. The van der Waals surface area contributed by atoms with Gasteiger partial charge in [0.15, 0.2) is 12.1 Å². The van der Waals surface area contributed by atoms with Crippen molar-refractivity contribution in [1.82, 2.24) is 0 Å². The minimum atomic E-state index is -1.69. The van der Waals surface area contributed by atoms with E-state index in [2.05, 4.69) is 26.8 Å². The van der Waals surface area contributed by atoms with Gasteiger partial charge in [-0.25, -0.2) is 0 Å². The molecule has 3 saturated carbocycles. The second-order valence-electron chi connectivity index (χ2n) is 16.9. The Hall–Kier alpha value is -1.21. The van der Waals surface area contributed by atoms with Crippen LogP contribution in [-0.2, 0) is 14.3 Å². The van der Waals surface area contributed by atoms with E-state index in [1.807, 2.05) is 33.8 Å². The molecule has 0 bridgehead atoms. The number of aliphatic hydroxyl groups excluding tert-OH is 6. The van der Waals surface area contributed by atoms with E-state index in [0.29, 0.717) is 19.3 Å². The molecule has 1 aliphatic heterocycles. The number of hydrogen-bond donors (Lipinski definition) is 7. The summed E-state index contributed by atoms with van der Waals surface area (Å²) >= 11 is 0. The van der Waals surface area contributed by atoms with Crippen molar-refractivity contribution in [3.8, 4) is 0 Å². The lowest BCUT2D eigenvalue weighted by molar-refractivity contribution is -0.324. The summed E-state index contributed by atoms with van der Waals surface area (Å²) in [6.07, 6.45) is -2.38. The fourth-order valence-corrected chi connectivity index (χ4v) is 10.9. The molecule has 262 valence electrons. The fraction of sp³-hybridized carbons (Fsp3) is 0.861. The Morgan fingerprint density at radius 3 is 2.28 bits per heavy atom. The molecule has 7 N–H and O–H groups in total. The summed E-state index contributed by atoms with van der Waals surface area (Å²) in [5.74, 6) is -0.810. The maximum atomic E-state index is 13.4. The first-order chi connectivity index (χ1) is 21.2. The quantitative estimate of drug-likeness (QED) is 0.203. The van der Waals surface area contributed by atoms with Crippen molar-refractivity contribution in [2.45, 2.75) is 149 Å². The minimum Gasteiger partial charge on any atom is -0.394 e. The van der Waals surface area contributed by atoms with Gasteiger partial charge >= 0.3 is 0 Å². The Bertz CT molecular complexity index is 1240. The third kappa shape index (κ3) is 5.21. The highest BCUT2D eigenvalue weighted by molar-refractivity contribution is 5.88. The fourth-order valence-electron chi connectivity index (χ4n) is 10.9. The number of aliphatic hydroxyl groups is 7. The molecule has 1 heterocycles. The molecule has 5 rings (SSSR count). The first-order valence-electron chi connectivity index (χ1n) is 17.1. The van der Waals surface area contributed by atoms with Crippen molar-refractivity contribution in [2.24, 2.45) is 39.4 Å². The lowest BCUT2D eigenvalue weighted by Crippen LogP contribution is -2.64. The molecule has 46 heavy (non-hydrogen) atoms. The Kier molecular flexibility index (Phi) is 9.40. The number of allylic oxidation sites excluding steroid dienone is 3. The SMILES string of the molecule is CC(C)=CCC(=O)[C@](C)(O)[C@H]1C(O)C[C@@]2(C)[C@@H]3CC=C4[C@@H](CC(O[C@@H]5O[C@H](CO)[C@@H](O)[C@H](O)[C@H]5O)C(O)C4(C)C)[C@]3(C)CC[C@]12C. The molecule has 4 fully saturated rings. The predicted octanol–water partition coefficient (Wildman–Crippen LogP) is 2.39. The number of hydrogen-bond acceptors (Lipinski definition) is 10. The number of fused-ring (bicyclic) bond motifs is 5. The molecular formula is C36H58O10. The van der Waals surface area contributed by atoms with Crippen LogP contribution in [0.1, 0.15) is 93.9 Å². The maximum absolute atomic E-state index is 13.4. The lowest BCUT2D eigenvalue weighted by atomic mass is 9.38. The highest BCUT2D eigenvalue weighted by Gasteiger charge is 2.72. The zero-order valence-corrected chi connectivity index (χ0v) is 28.8. The largest absolute Gasteiger partial charge is 0.394 e. The number of carbonyl (C=O) groups excluding carboxylic acids is 1. The Morgan fingerprint density at radius 2 is 1.67 bits per heavy atom. The van der Waals surface area contributed by atoms with E-state index >= 15 is 0 Å². The molecule has 4 aliphatic carbocycles. The summed E-state index contributed by atoms with van der Waals surface area (Å²) in [5, 5.41) is 76.2. The summed E-state index contributed by atoms with van der Waals surface area (Å²) < 4.78 is 11.9. The summed E-state index contributed by atoms with van der Waals surface area (Å²) in [5.41, 5.74) is -1.40. The van der Waals surface area contributed by atoms with Crippen molar-refractivity contribution in [1.29, 1.82) is 0 Å². The second kappa shape index (κ2) is 12.0. The second-order valence-corrected chi connectivity index (χ2v) is 16.9. The van der Waals surface area contributed by atoms with Gasteiger partial charge in [-0.15, -0.1) is 0 Å². The average Bonchev–Trinajstić information content (AvgIpc) is 3.19. The van der Waals surface area contributed by atoms with Crippen molar-refractivity contribution in [2.75, 3.05) is 6.61 Å². The Labute approximate surface area is 273 Å². The summed E-state index contributed by atoms with van der Waals surface area (Å²) in [4.78, 5) is 13.4. The molecule has 1 saturated heterocycles. The van der Waals surface area contributed by atoms with Gasteiger partial charge in [0.2, 0.25) is 0 Å². The zero-order chi connectivity index (χ0) is 34.4. The van der Waals surface area contributed by atoms with Crippen LogP contribution in [0.15, 0.2) is 23.3 Å². The van der Waals surface area contributed by atoms with Gasteiger partial charge in [0, 0.05) is 17.8 Å². The molecule has 10 nitrogen and oxygen atoms in total. The third-order valence-electron chi connectivity index (χ3n) is 13.8. The van der Waals surface area contributed by atoms with Crippen LogP contribution in [0.2, 0.25) is 0 Å². The van der Waals surface area contributed by atoms with Crippen LogP contribution >= 0.6 is 0 Å². The van der Waals surface area contributed by atoms with E-state index in [-0.39, 0.29) is 29.5 Å². The van der Waals surface area contributed by atoms with Crippen LogP contribution in [0.5, 0.6) is 0 Å². The van der Waals surface area contributed by atoms with E-state index in [1.54, 1.807) is 6.92 Å². The van der Waals surface area contributed by atoms with Gasteiger partial charge in [0.25, 0.3) is 0 Å². The molecule has 5 aliphatic rings. The topological polar surface area (TPSA) is 177 Å². The molecule has 0 aromatic carbocycles. The Morgan fingerprint density at radius 1 is 1.02 bits per heavy atom. The predicted molar refractivity (Wildman–Crippen MR) is 170 cm³/mol. The monoisotopic (exact) mass is 650 g/mol. The van der Waals surface area contributed by atoms with Crippen LogP contribution in [0.3, 0.4) is 0 Å². The van der Waals surface area contributed by atoms with Gasteiger partial charge in [-0.3, -0.25) is 4.79 Å². The summed E-state index contributed by atoms with van der Waals surface area (Å²) in [7, 11) is 0. The van der Waals surface area contributed by atoms with Crippen molar-refractivity contribution >= 4 is 5.78 Å². The molecule has 0 aromatic heterocycles. The van der Waals surface area contributed by atoms with E-state index in [1.165, 1.54) is 0 Å². The number of ether oxygens (including phenoxy) is 2. The molecule has 0 radical (unpaired) electrons. The van der Waals surface area contributed by atoms with Crippen LogP contribution < -0.4 is 0 Å². The molecule has 10 heteroatoms. The third-order valence-corrected chi connectivity index (χ3v) is 13.8. The van der Waals surface area contributed by atoms with Crippen molar-refractivity contribution < 1.29 is 50.0 Å². The van der Waals surface area contributed by atoms with Crippen molar-refractivity contribution in [3.05, 3.63) is 23.3 Å². The smallest absolute Gasteiger partial charge is 0.187 e. The average molecular weight is 651 g/mol. The van der Waals surface area contributed by atoms with E-state index in [0.717, 1.165) is 24.0 Å². The number of carbonyl (C=O) groups is 1. The number of rotatable bonds is 7. The van der Waals surface area contributed by atoms with Gasteiger partial charge in [-0.2, -0.15) is 0 Å².